The zero-order chi connectivity index (χ0) is 83.4. The lowest BCUT2D eigenvalue weighted by atomic mass is 9.97. The van der Waals surface area contributed by atoms with Crippen LogP contribution in [0.15, 0.2) is 408 Å². The Hall–Kier alpha value is -17.4. The van der Waals surface area contributed by atoms with Crippen LogP contribution < -0.4 is 4.57 Å². The predicted octanol–water partition coefficient (Wildman–Crippen LogP) is 25.5. The van der Waals surface area contributed by atoms with E-state index in [0.717, 1.165) is 139 Å². The van der Waals surface area contributed by atoms with Gasteiger partial charge in [0, 0.05) is 95.7 Å². The Morgan fingerprint density at radius 2 is 0.548 bits per heavy atom. The third kappa shape index (κ3) is 14.0. The van der Waals surface area contributed by atoms with E-state index in [1.165, 1.54) is 27.6 Å². The summed E-state index contributed by atoms with van der Waals surface area (Å²) >= 11 is 0. The van der Waals surface area contributed by atoms with Crippen LogP contribution in [-0.2, 0) is 6.54 Å². The van der Waals surface area contributed by atoms with Crippen molar-refractivity contribution in [3.05, 3.63) is 400 Å². The normalized spacial score (nSPS) is 11.6. The summed E-state index contributed by atoms with van der Waals surface area (Å²) in [6.45, 7) is 0.790. The maximum atomic E-state index is 6.47. The molecule has 0 aliphatic carbocycles. The van der Waals surface area contributed by atoms with Gasteiger partial charge >= 0.3 is 0 Å². The molecule has 1 aliphatic rings. The molecular formula is C109H67N14O3+. The smallest absolute Gasteiger partial charge is 0.294 e. The largest absolute Gasteiger partial charge is 0.436 e. The van der Waals surface area contributed by atoms with E-state index >= 15 is 0 Å². The van der Waals surface area contributed by atoms with Gasteiger partial charge in [-0.2, -0.15) is 4.57 Å². The fraction of sp³-hybridized carbons (Fsp3) is 0.00917. The Balaban J connectivity index is 0.000000109. The van der Waals surface area contributed by atoms with Crippen molar-refractivity contribution in [3.63, 3.8) is 0 Å². The highest BCUT2D eigenvalue weighted by molar-refractivity contribution is 6.14. The number of rotatable bonds is 12. The standard InChI is InChI=1S/C40H24N4O.C38H24N5O.C31H19N5O/c1-3-11-26(12-4-1)37-42-38(27-13-5-2-6-14-27)44-39(43-37)29-20-19-25-21-22-35-36(33(25)24-29)41-40(45-35)34-23-28-15-7-8-16-30(28)31-17-9-10-18-32(31)34;1-3-10-25(11-4-1)35-40-36(26-12-5-2-6-13-26)42-37(41-35)27-19-18-24-20-21-33-34(30(24)22-27)39-38(44-33)32-17-9-16-31-29-15-8-7-14-28(29)23-43(31)32;1-3-9-21(10-4-1)28-34-29(22-11-5-2-6-12-22)36-30(35-28)23-15-14-20-16-17-26-27(24(20)19-23)33-31(37-26)25-13-7-8-18-32-25/h1-24H;1-22H,23H2;1-19H/q;+1;. The molecule has 17 nitrogen and oxygen atoms in total. The Morgan fingerprint density at radius 3 is 0.984 bits per heavy atom. The van der Waals surface area contributed by atoms with Gasteiger partial charge in [-0.1, -0.05) is 309 Å². The molecule has 0 N–H and O–H groups in total. The molecule has 0 saturated heterocycles. The molecule has 17 heteroatoms. The lowest BCUT2D eigenvalue weighted by molar-refractivity contribution is -0.661. The maximum Gasteiger partial charge on any atom is 0.294 e. The summed E-state index contributed by atoms with van der Waals surface area (Å²) in [6, 6.07) is 130. The number of nitrogens with zero attached hydrogens (tertiary/aromatic N) is 14. The van der Waals surface area contributed by atoms with Gasteiger partial charge in [0.15, 0.2) is 75.7 Å². The summed E-state index contributed by atoms with van der Waals surface area (Å²) < 4.78 is 21.2. The maximum absolute atomic E-state index is 6.47. The molecule has 0 spiro atoms. The fourth-order valence-corrected chi connectivity index (χ4v) is 16.6. The number of benzene rings is 16. The third-order valence-electron chi connectivity index (χ3n) is 22.8. The van der Waals surface area contributed by atoms with Crippen LogP contribution in [0.5, 0.6) is 0 Å². The van der Waals surface area contributed by atoms with E-state index in [9.17, 15) is 0 Å². The van der Waals surface area contributed by atoms with Gasteiger partial charge in [0.25, 0.3) is 11.6 Å². The van der Waals surface area contributed by atoms with Gasteiger partial charge in [0.1, 0.15) is 22.2 Å². The van der Waals surface area contributed by atoms with Crippen LogP contribution in [0.3, 0.4) is 0 Å². The predicted molar refractivity (Wildman–Crippen MR) is 497 cm³/mol. The van der Waals surface area contributed by atoms with Gasteiger partial charge in [-0.3, -0.25) is 4.98 Å². The van der Waals surface area contributed by atoms with Gasteiger partial charge in [-0.25, -0.2) is 59.8 Å². The lowest BCUT2D eigenvalue weighted by Gasteiger charge is -2.09. The Bertz CT molecular complexity index is 8140. The summed E-state index contributed by atoms with van der Waals surface area (Å²) in [5.41, 5.74) is 19.2. The van der Waals surface area contributed by atoms with E-state index < -0.39 is 0 Å². The molecule has 0 saturated carbocycles. The molecule has 16 aromatic carbocycles. The van der Waals surface area contributed by atoms with Gasteiger partial charge < -0.3 is 13.3 Å². The van der Waals surface area contributed by atoms with E-state index in [1.807, 2.05) is 231 Å². The second-order valence-corrected chi connectivity index (χ2v) is 30.7. The van der Waals surface area contributed by atoms with Crippen LogP contribution in [0, 0.1) is 0 Å². The van der Waals surface area contributed by atoms with E-state index in [2.05, 4.69) is 167 Å². The van der Waals surface area contributed by atoms with Gasteiger partial charge in [-0.05, 0) is 104 Å². The van der Waals surface area contributed by atoms with Crippen LogP contribution in [-0.4, -0.2) is 64.8 Å². The molecule has 0 bridgehead atoms. The molecule has 126 heavy (non-hydrogen) atoms. The molecule has 0 unspecified atom stereocenters. The highest BCUT2D eigenvalue weighted by Crippen LogP contribution is 2.42. The van der Waals surface area contributed by atoms with Crippen LogP contribution >= 0.6 is 0 Å². The van der Waals surface area contributed by atoms with Crippen LogP contribution in [0.25, 0.3) is 236 Å². The molecular weight excluding hydrogens is 1550 g/mol. The Kier molecular flexibility index (Phi) is 18.5. The molecule has 590 valence electrons. The van der Waals surface area contributed by atoms with Crippen LogP contribution in [0.1, 0.15) is 5.56 Å². The molecule has 9 heterocycles. The second kappa shape index (κ2) is 31.6. The van der Waals surface area contributed by atoms with E-state index in [1.54, 1.807) is 6.20 Å². The van der Waals surface area contributed by atoms with E-state index in [4.69, 9.17) is 73.1 Å². The summed E-state index contributed by atoms with van der Waals surface area (Å²) in [4.78, 5) is 63.3. The average Bonchev–Trinajstić information content (AvgIpc) is 1.58. The van der Waals surface area contributed by atoms with Crippen molar-refractivity contribution in [2.45, 2.75) is 6.54 Å². The monoisotopic (exact) mass is 1620 g/mol. The molecule has 0 atom stereocenters. The molecule has 0 amide bonds. The van der Waals surface area contributed by atoms with Gasteiger partial charge in [0.05, 0.1) is 5.56 Å². The quantitative estimate of drug-likeness (QED) is 0.0822. The second-order valence-electron chi connectivity index (χ2n) is 30.7. The van der Waals surface area contributed by atoms with Crippen molar-refractivity contribution in [1.29, 1.82) is 0 Å². The molecule has 0 radical (unpaired) electrons. The Labute approximate surface area is 720 Å². The van der Waals surface area contributed by atoms with Crippen molar-refractivity contribution < 1.29 is 17.8 Å². The molecule has 0 fully saturated rings. The summed E-state index contributed by atoms with van der Waals surface area (Å²) in [5, 5.41) is 10.8. The summed E-state index contributed by atoms with van der Waals surface area (Å²) in [6.07, 6.45) is 1.73. The molecule has 25 rings (SSSR count). The third-order valence-corrected chi connectivity index (χ3v) is 22.8. The number of fused-ring (bicyclic) bond motifs is 15. The highest BCUT2D eigenvalue weighted by atomic mass is 16.4. The van der Waals surface area contributed by atoms with Crippen LogP contribution in [0.4, 0.5) is 0 Å². The van der Waals surface area contributed by atoms with Gasteiger partial charge in [0.2, 0.25) is 17.5 Å². The van der Waals surface area contributed by atoms with Crippen molar-refractivity contribution in [1.82, 2.24) is 64.8 Å². The minimum absolute atomic E-state index is 0.492. The van der Waals surface area contributed by atoms with Crippen molar-refractivity contribution in [2.75, 3.05) is 0 Å². The van der Waals surface area contributed by atoms with Crippen molar-refractivity contribution in [3.8, 4) is 148 Å². The summed E-state index contributed by atoms with van der Waals surface area (Å²) in [5.74, 6) is 7.28. The number of aromatic nitrogens is 14. The van der Waals surface area contributed by atoms with Crippen LogP contribution in [0.2, 0.25) is 0 Å². The summed E-state index contributed by atoms with van der Waals surface area (Å²) in [7, 11) is 0. The van der Waals surface area contributed by atoms with Gasteiger partial charge in [-0.15, -0.1) is 0 Å². The lowest BCUT2D eigenvalue weighted by Crippen LogP contribution is -2.35. The number of hydrogen-bond donors (Lipinski definition) is 0. The zero-order valence-corrected chi connectivity index (χ0v) is 67.2. The minimum Gasteiger partial charge on any atom is -0.436 e. The topological polar surface area (TPSA) is 211 Å². The zero-order valence-electron chi connectivity index (χ0n) is 67.2. The van der Waals surface area contributed by atoms with E-state index in [-0.39, 0.29) is 0 Å². The molecule has 8 aromatic heterocycles. The first kappa shape index (κ1) is 73.7. The van der Waals surface area contributed by atoms with Crippen molar-refractivity contribution >= 4 is 87.2 Å². The first-order chi connectivity index (χ1) is 62.4. The number of oxazole rings is 3. The Morgan fingerprint density at radius 1 is 0.206 bits per heavy atom. The minimum atomic E-state index is 0.492. The first-order valence-corrected chi connectivity index (χ1v) is 41.4. The number of pyridine rings is 2. The fourth-order valence-electron chi connectivity index (χ4n) is 16.6. The van der Waals surface area contributed by atoms with E-state index in [0.29, 0.717) is 81.4 Å². The first-order valence-electron chi connectivity index (χ1n) is 41.4. The SMILES string of the molecule is c1ccc(-c2nc(-c3ccccc3)nc(-c3ccc4ccc5oc(-c6cc7ccccc7c7ccccc67)nc5c4c3)n2)cc1.c1ccc(-c2nc(-c3ccccc3)nc(-c3ccc4ccc5oc(-c6cccc7[n+]6Cc6ccccc6-7)nc5c4c3)n2)cc1.c1ccc(-c2nc(-c3ccccc3)nc(-c3ccc4ccc5oc(-c6ccccn6)nc5c4c3)n2)cc1. The highest BCUT2D eigenvalue weighted by Gasteiger charge is 2.32. The molecule has 24 aromatic rings. The average molecular weight is 1620 g/mol. The molecule has 1 aliphatic heterocycles. The van der Waals surface area contributed by atoms with Crippen molar-refractivity contribution in [2.24, 2.45) is 0 Å². The number of hydrogen-bond acceptors (Lipinski definition) is 16.